The molecule has 0 spiro atoms. The molecule has 0 fully saturated rings. The van der Waals surface area contributed by atoms with Gasteiger partial charge >= 0.3 is 0 Å². The Kier molecular flexibility index (Phi) is 3.90. The van der Waals surface area contributed by atoms with Gasteiger partial charge in [-0.05, 0) is 29.8 Å². The lowest BCUT2D eigenvalue weighted by molar-refractivity contribution is 0.297. The average molecular weight is 291 g/mol. The fourth-order valence-electron chi connectivity index (χ4n) is 2.16. The molecule has 21 heavy (non-hydrogen) atoms. The molecule has 0 aromatic heterocycles. The van der Waals surface area contributed by atoms with E-state index in [1.807, 2.05) is 18.2 Å². The van der Waals surface area contributed by atoms with Crippen LogP contribution in [0.4, 0.5) is 14.5 Å². The molecular weight excluding hydrogens is 276 g/mol. The van der Waals surface area contributed by atoms with Gasteiger partial charge in [-0.3, -0.25) is 0 Å². The number of hydrogen-bond acceptors (Lipinski definition) is 3. The maximum atomic E-state index is 13.5. The highest BCUT2D eigenvalue weighted by Gasteiger charge is 2.11. The number of hydrogen-bond donors (Lipinski definition) is 1. The molecule has 0 amide bonds. The molecule has 0 radical (unpaired) electrons. The molecule has 0 atom stereocenters. The van der Waals surface area contributed by atoms with E-state index in [4.69, 9.17) is 9.47 Å². The van der Waals surface area contributed by atoms with Gasteiger partial charge in [-0.2, -0.15) is 0 Å². The average Bonchev–Trinajstić information content (AvgIpc) is 2.73. The van der Waals surface area contributed by atoms with Crippen LogP contribution in [0.15, 0.2) is 36.4 Å². The Morgan fingerprint density at radius 3 is 2.67 bits per heavy atom. The number of ether oxygens (including phenoxy) is 2. The number of fused-ring (bicyclic) bond motifs is 1. The van der Waals surface area contributed by atoms with Crippen LogP contribution in [-0.4, -0.2) is 13.2 Å². The number of nitrogens with one attached hydrogen (secondary N) is 1. The first kappa shape index (κ1) is 13.7. The van der Waals surface area contributed by atoms with E-state index in [2.05, 4.69) is 5.32 Å². The molecule has 1 aliphatic heterocycles. The summed E-state index contributed by atoms with van der Waals surface area (Å²) in [5.41, 5.74) is 1.05. The SMILES string of the molecule is Fc1cccc(NCc2ccc3c(c2)OCCCO3)c1F. The fourth-order valence-corrected chi connectivity index (χ4v) is 2.16. The van der Waals surface area contributed by atoms with Gasteiger partial charge in [0.05, 0.1) is 18.9 Å². The minimum atomic E-state index is -0.869. The van der Waals surface area contributed by atoms with E-state index >= 15 is 0 Å². The molecule has 0 unspecified atom stereocenters. The molecule has 1 heterocycles. The standard InChI is InChI=1S/C16H15F2NO2/c17-12-3-1-4-13(16(12)18)19-10-11-5-6-14-15(9-11)21-8-2-7-20-14/h1,3-6,9,19H,2,7-8,10H2. The lowest BCUT2D eigenvalue weighted by Crippen LogP contribution is -2.03. The van der Waals surface area contributed by atoms with Crippen molar-refractivity contribution in [1.29, 1.82) is 0 Å². The molecule has 5 heteroatoms. The predicted molar refractivity (Wildman–Crippen MR) is 75.7 cm³/mol. The van der Waals surface area contributed by atoms with Crippen molar-refractivity contribution in [2.45, 2.75) is 13.0 Å². The summed E-state index contributed by atoms with van der Waals surface area (Å²) in [6.45, 7) is 1.62. The minimum Gasteiger partial charge on any atom is -0.490 e. The number of anilines is 1. The van der Waals surface area contributed by atoms with Gasteiger partial charge in [0, 0.05) is 13.0 Å². The second-order valence-electron chi connectivity index (χ2n) is 4.79. The van der Waals surface area contributed by atoms with Gasteiger partial charge in [0.15, 0.2) is 23.1 Å². The third-order valence-electron chi connectivity index (χ3n) is 3.25. The Morgan fingerprint density at radius 1 is 1.00 bits per heavy atom. The molecule has 0 aliphatic carbocycles. The Labute approximate surface area is 121 Å². The van der Waals surface area contributed by atoms with Crippen LogP contribution in [0.25, 0.3) is 0 Å². The highest BCUT2D eigenvalue weighted by molar-refractivity contribution is 5.48. The number of benzene rings is 2. The zero-order chi connectivity index (χ0) is 14.7. The highest BCUT2D eigenvalue weighted by Crippen LogP contribution is 2.30. The van der Waals surface area contributed by atoms with Gasteiger partial charge in [-0.1, -0.05) is 12.1 Å². The van der Waals surface area contributed by atoms with Crippen LogP contribution in [0, 0.1) is 11.6 Å². The van der Waals surface area contributed by atoms with E-state index in [0.717, 1.165) is 18.1 Å². The van der Waals surface area contributed by atoms with Gasteiger partial charge in [-0.15, -0.1) is 0 Å². The molecule has 0 saturated carbocycles. The summed E-state index contributed by atoms with van der Waals surface area (Å²) in [4.78, 5) is 0. The highest BCUT2D eigenvalue weighted by atomic mass is 19.2. The van der Waals surface area contributed by atoms with Gasteiger partial charge in [0.1, 0.15) is 0 Å². The lowest BCUT2D eigenvalue weighted by atomic mass is 10.2. The zero-order valence-electron chi connectivity index (χ0n) is 11.4. The van der Waals surface area contributed by atoms with E-state index < -0.39 is 11.6 Å². The molecule has 2 aromatic rings. The smallest absolute Gasteiger partial charge is 0.181 e. The van der Waals surface area contributed by atoms with Crippen LogP contribution in [0.5, 0.6) is 11.5 Å². The van der Waals surface area contributed by atoms with Crippen molar-refractivity contribution in [3.8, 4) is 11.5 Å². The van der Waals surface area contributed by atoms with Crippen LogP contribution < -0.4 is 14.8 Å². The van der Waals surface area contributed by atoms with Gasteiger partial charge in [0.2, 0.25) is 0 Å². The van der Waals surface area contributed by atoms with E-state index in [0.29, 0.717) is 31.3 Å². The van der Waals surface area contributed by atoms with Crippen molar-refractivity contribution in [3.63, 3.8) is 0 Å². The Morgan fingerprint density at radius 2 is 1.81 bits per heavy atom. The molecule has 1 aliphatic rings. The molecule has 0 saturated heterocycles. The van der Waals surface area contributed by atoms with Crippen molar-refractivity contribution in [2.24, 2.45) is 0 Å². The molecule has 2 aromatic carbocycles. The quantitative estimate of drug-likeness (QED) is 0.934. The molecule has 0 bridgehead atoms. The van der Waals surface area contributed by atoms with Crippen LogP contribution >= 0.6 is 0 Å². The van der Waals surface area contributed by atoms with Crippen molar-refractivity contribution in [3.05, 3.63) is 53.6 Å². The summed E-state index contributed by atoms with van der Waals surface area (Å²) in [7, 11) is 0. The first-order valence-electron chi connectivity index (χ1n) is 6.80. The summed E-state index contributed by atoms with van der Waals surface area (Å²) >= 11 is 0. The van der Waals surface area contributed by atoms with Crippen LogP contribution in [0.3, 0.4) is 0 Å². The summed E-state index contributed by atoms with van der Waals surface area (Å²) in [5.74, 6) is -0.329. The molecule has 1 N–H and O–H groups in total. The van der Waals surface area contributed by atoms with E-state index in [1.165, 1.54) is 12.1 Å². The van der Waals surface area contributed by atoms with Crippen LogP contribution in [0.1, 0.15) is 12.0 Å². The van der Waals surface area contributed by atoms with Crippen molar-refractivity contribution < 1.29 is 18.3 Å². The monoisotopic (exact) mass is 291 g/mol. The van der Waals surface area contributed by atoms with Crippen LogP contribution in [-0.2, 0) is 6.54 Å². The topological polar surface area (TPSA) is 30.5 Å². The molecule has 3 rings (SSSR count). The van der Waals surface area contributed by atoms with Crippen molar-refractivity contribution in [1.82, 2.24) is 0 Å². The van der Waals surface area contributed by atoms with E-state index in [9.17, 15) is 8.78 Å². The van der Waals surface area contributed by atoms with Crippen molar-refractivity contribution in [2.75, 3.05) is 18.5 Å². The molecule has 110 valence electrons. The summed E-state index contributed by atoms with van der Waals surface area (Å²) in [6.07, 6.45) is 0.844. The molecule has 3 nitrogen and oxygen atoms in total. The summed E-state index contributed by atoms with van der Waals surface area (Å²) in [5, 5.41) is 2.88. The maximum absolute atomic E-state index is 13.5. The molecular formula is C16H15F2NO2. The Balaban J connectivity index is 1.73. The Hall–Kier alpha value is -2.30. The van der Waals surface area contributed by atoms with Gasteiger partial charge < -0.3 is 14.8 Å². The van der Waals surface area contributed by atoms with E-state index in [1.54, 1.807) is 0 Å². The van der Waals surface area contributed by atoms with Crippen LogP contribution in [0.2, 0.25) is 0 Å². The third-order valence-corrected chi connectivity index (χ3v) is 3.25. The van der Waals surface area contributed by atoms with E-state index in [-0.39, 0.29) is 5.69 Å². The summed E-state index contributed by atoms with van der Waals surface area (Å²) in [6, 6.07) is 9.62. The normalized spacial score (nSPS) is 13.6. The largest absolute Gasteiger partial charge is 0.490 e. The number of halogens is 2. The number of rotatable bonds is 3. The second kappa shape index (κ2) is 5.99. The van der Waals surface area contributed by atoms with Gasteiger partial charge in [0.25, 0.3) is 0 Å². The lowest BCUT2D eigenvalue weighted by Gasteiger charge is -2.11. The first-order chi connectivity index (χ1) is 10.2. The zero-order valence-corrected chi connectivity index (χ0v) is 11.4. The fraction of sp³-hybridized carbons (Fsp3) is 0.250. The maximum Gasteiger partial charge on any atom is 0.181 e. The minimum absolute atomic E-state index is 0.141. The predicted octanol–water partition coefficient (Wildman–Crippen LogP) is 3.74. The second-order valence-corrected chi connectivity index (χ2v) is 4.79. The Bertz CT molecular complexity index is 646. The third kappa shape index (κ3) is 3.07. The first-order valence-corrected chi connectivity index (χ1v) is 6.80. The summed E-state index contributed by atoms with van der Waals surface area (Å²) < 4.78 is 37.8. The van der Waals surface area contributed by atoms with Gasteiger partial charge in [-0.25, -0.2) is 8.78 Å². The van der Waals surface area contributed by atoms with Crippen molar-refractivity contribution >= 4 is 5.69 Å².